The Morgan fingerprint density at radius 1 is 1.29 bits per heavy atom. The van der Waals surface area contributed by atoms with Gasteiger partial charge in [0.2, 0.25) is 0 Å². The Labute approximate surface area is 164 Å². The molecule has 3 aromatic rings. The maximum Gasteiger partial charge on any atom is 0.254 e. The molecule has 1 aliphatic rings. The molecular weight excluding hydrogens is 352 g/mol. The van der Waals surface area contributed by atoms with Crippen LogP contribution in [0, 0.1) is 24.7 Å². The summed E-state index contributed by atoms with van der Waals surface area (Å²) in [6, 6.07) is 11.4. The van der Waals surface area contributed by atoms with Crippen molar-refractivity contribution < 1.29 is 9.15 Å². The van der Waals surface area contributed by atoms with Crippen LogP contribution < -0.4 is 10.3 Å². The number of benzene rings is 1. The largest absolute Gasteiger partial charge is 0.487 e. The fourth-order valence-electron chi connectivity index (χ4n) is 3.13. The Bertz CT molecular complexity index is 1070. The number of hydrogen-bond donors (Lipinski definition) is 0. The monoisotopic (exact) mass is 374 g/mol. The summed E-state index contributed by atoms with van der Waals surface area (Å²) in [4.78, 5) is 16.7. The molecule has 0 N–H and O–H groups in total. The van der Waals surface area contributed by atoms with E-state index in [9.17, 15) is 4.79 Å². The zero-order chi connectivity index (χ0) is 19.5. The smallest absolute Gasteiger partial charge is 0.254 e. The van der Waals surface area contributed by atoms with Crippen LogP contribution in [0.1, 0.15) is 48.3 Å². The molecular formula is C23H22N2O3. The van der Waals surface area contributed by atoms with E-state index in [-0.39, 0.29) is 18.2 Å². The third-order valence-electron chi connectivity index (χ3n) is 4.88. The number of aromatic nitrogens is 2. The minimum absolute atomic E-state index is 0.0810. The average molecular weight is 374 g/mol. The van der Waals surface area contributed by atoms with Gasteiger partial charge in [-0.1, -0.05) is 24.0 Å². The number of hydrogen-bond acceptors (Lipinski definition) is 4. The molecule has 0 spiro atoms. The van der Waals surface area contributed by atoms with Gasteiger partial charge in [-0.2, -0.15) is 0 Å². The molecule has 142 valence electrons. The molecule has 4 rings (SSSR count). The van der Waals surface area contributed by atoms with Gasteiger partial charge in [0.25, 0.3) is 5.56 Å². The normalized spacial score (nSPS) is 14.2. The highest BCUT2D eigenvalue weighted by atomic mass is 16.5. The second-order valence-corrected chi connectivity index (χ2v) is 7.15. The lowest BCUT2D eigenvalue weighted by Crippen LogP contribution is -2.25. The van der Waals surface area contributed by atoms with Crippen LogP contribution in [0.5, 0.6) is 5.75 Å². The van der Waals surface area contributed by atoms with Crippen LogP contribution in [-0.2, 0) is 6.61 Å². The van der Waals surface area contributed by atoms with Gasteiger partial charge in [0.1, 0.15) is 24.3 Å². The van der Waals surface area contributed by atoms with E-state index in [0.29, 0.717) is 17.4 Å². The lowest BCUT2D eigenvalue weighted by Gasteiger charge is -2.19. The van der Waals surface area contributed by atoms with Crippen LogP contribution in [0.25, 0.3) is 0 Å². The van der Waals surface area contributed by atoms with Gasteiger partial charge in [-0.15, -0.1) is 0 Å². The van der Waals surface area contributed by atoms with Gasteiger partial charge in [0.05, 0.1) is 6.04 Å². The number of oxazole rings is 1. The quantitative estimate of drug-likeness (QED) is 0.631. The third-order valence-corrected chi connectivity index (χ3v) is 4.88. The molecule has 0 radical (unpaired) electrons. The van der Waals surface area contributed by atoms with E-state index in [1.807, 2.05) is 44.2 Å². The highest BCUT2D eigenvalue weighted by molar-refractivity contribution is 5.38. The maximum absolute atomic E-state index is 12.7. The van der Waals surface area contributed by atoms with E-state index < -0.39 is 0 Å². The topological polar surface area (TPSA) is 57.3 Å². The first-order valence-electron chi connectivity index (χ1n) is 9.45. The summed E-state index contributed by atoms with van der Waals surface area (Å²) < 4.78 is 12.4. The van der Waals surface area contributed by atoms with Crippen molar-refractivity contribution in [3.8, 4) is 17.6 Å². The van der Waals surface area contributed by atoms with Gasteiger partial charge in [-0.05, 0) is 50.5 Å². The molecule has 5 heteroatoms. The van der Waals surface area contributed by atoms with Crippen LogP contribution in [0.4, 0.5) is 0 Å². The number of nitrogens with zero attached hydrogens (tertiary/aromatic N) is 2. The van der Waals surface area contributed by atoms with Crippen LogP contribution >= 0.6 is 0 Å². The third kappa shape index (κ3) is 4.17. The zero-order valence-corrected chi connectivity index (χ0v) is 16.0. The summed E-state index contributed by atoms with van der Waals surface area (Å²) >= 11 is 0. The Morgan fingerprint density at radius 3 is 2.71 bits per heavy atom. The molecule has 1 atom stereocenters. The summed E-state index contributed by atoms with van der Waals surface area (Å²) in [5.74, 6) is 7.61. The first-order chi connectivity index (χ1) is 13.6. The second kappa shape index (κ2) is 7.77. The number of ether oxygens (including phenoxy) is 1. The van der Waals surface area contributed by atoms with Crippen molar-refractivity contribution in [1.29, 1.82) is 0 Å². The van der Waals surface area contributed by atoms with E-state index in [0.717, 1.165) is 16.8 Å². The second-order valence-electron chi connectivity index (χ2n) is 7.15. The van der Waals surface area contributed by atoms with Crippen LogP contribution in [0.15, 0.2) is 58.3 Å². The van der Waals surface area contributed by atoms with E-state index in [4.69, 9.17) is 9.15 Å². The fourth-order valence-corrected chi connectivity index (χ4v) is 3.13. The summed E-state index contributed by atoms with van der Waals surface area (Å²) in [5, 5.41) is 0. The number of pyridine rings is 1. The zero-order valence-electron chi connectivity index (χ0n) is 16.0. The van der Waals surface area contributed by atoms with E-state index >= 15 is 0 Å². The van der Waals surface area contributed by atoms with E-state index in [2.05, 4.69) is 16.8 Å². The number of aryl methyl sites for hydroxylation is 1. The number of rotatable bonds is 5. The van der Waals surface area contributed by atoms with Crippen LogP contribution in [-0.4, -0.2) is 9.55 Å². The van der Waals surface area contributed by atoms with Gasteiger partial charge in [0.15, 0.2) is 6.39 Å². The maximum atomic E-state index is 12.7. The van der Waals surface area contributed by atoms with Crippen molar-refractivity contribution in [2.24, 2.45) is 5.92 Å². The predicted molar refractivity (Wildman–Crippen MR) is 106 cm³/mol. The molecule has 0 saturated heterocycles. The van der Waals surface area contributed by atoms with Gasteiger partial charge in [0, 0.05) is 23.2 Å². The van der Waals surface area contributed by atoms with Gasteiger partial charge < -0.3 is 13.7 Å². The van der Waals surface area contributed by atoms with Gasteiger partial charge >= 0.3 is 0 Å². The molecule has 1 aromatic carbocycles. The molecule has 1 fully saturated rings. The van der Waals surface area contributed by atoms with Crippen LogP contribution in [0.3, 0.4) is 0 Å². The molecule has 1 aliphatic carbocycles. The van der Waals surface area contributed by atoms with Crippen LogP contribution in [0.2, 0.25) is 0 Å². The Kier molecular flexibility index (Phi) is 5.03. The average Bonchev–Trinajstić information content (AvgIpc) is 3.37. The molecule has 0 amide bonds. The van der Waals surface area contributed by atoms with Crippen molar-refractivity contribution in [2.75, 3.05) is 0 Å². The van der Waals surface area contributed by atoms with Gasteiger partial charge in [-0.3, -0.25) is 4.79 Å². The molecule has 2 aromatic heterocycles. The van der Waals surface area contributed by atoms with Crippen molar-refractivity contribution in [2.45, 2.75) is 39.3 Å². The highest BCUT2D eigenvalue weighted by Gasteiger charge is 2.18. The lowest BCUT2D eigenvalue weighted by molar-refractivity contribution is 0.299. The van der Waals surface area contributed by atoms with E-state index in [1.165, 1.54) is 31.6 Å². The molecule has 0 unspecified atom stereocenters. The minimum atomic E-state index is -0.0970. The Hall–Kier alpha value is -3.26. The molecule has 0 bridgehead atoms. The molecule has 2 heterocycles. The van der Waals surface area contributed by atoms with Crippen molar-refractivity contribution in [1.82, 2.24) is 9.55 Å². The Balaban J connectivity index is 1.51. The Morgan fingerprint density at radius 2 is 2.07 bits per heavy atom. The standard InChI is InChI=1S/C23H22N2O3/c1-16-11-22(28-14-21-13-27-15-24-21)12-23(26)25(16)17(2)20-9-7-19(8-10-20)6-5-18-3-4-18/h7-13,15,17-18H,3-4,14H2,1-2H3/t17-/m1/s1. The van der Waals surface area contributed by atoms with Gasteiger partial charge in [-0.25, -0.2) is 4.98 Å². The summed E-state index contributed by atoms with van der Waals surface area (Å²) in [6.07, 6.45) is 5.33. The highest BCUT2D eigenvalue weighted by Crippen LogP contribution is 2.27. The first-order valence-corrected chi connectivity index (χ1v) is 9.45. The van der Waals surface area contributed by atoms with Crippen molar-refractivity contribution >= 4 is 0 Å². The molecule has 28 heavy (non-hydrogen) atoms. The van der Waals surface area contributed by atoms with E-state index in [1.54, 1.807) is 4.57 Å². The fraction of sp³-hybridized carbons (Fsp3) is 0.304. The van der Waals surface area contributed by atoms with Crippen molar-refractivity contribution in [3.63, 3.8) is 0 Å². The SMILES string of the molecule is Cc1cc(OCc2cocn2)cc(=O)n1[C@H](C)c1ccc(C#CC2CC2)cc1. The lowest BCUT2D eigenvalue weighted by atomic mass is 10.1. The predicted octanol–water partition coefficient (Wildman–Crippen LogP) is 4.09. The summed E-state index contributed by atoms with van der Waals surface area (Å²) in [6.45, 7) is 4.20. The minimum Gasteiger partial charge on any atom is -0.487 e. The van der Waals surface area contributed by atoms with Crippen molar-refractivity contribution in [3.05, 3.63) is 81.9 Å². The summed E-state index contributed by atoms with van der Waals surface area (Å²) in [7, 11) is 0. The molecule has 5 nitrogen and oxygen atoms in total. The first kappa shape index (κ1) is 18.1. The molecule has 0 aliphatic heterocycles. The summed E-state index contributed by atoms with van der Waals surface area (Å²) in [5.41, 5.74) is 3.51. The molecule has 1 saturated carbocycles.